The van der Waals surface area contributed by atoms with Crippen molar-refractivity contribution in [2.24, 2.45) is 0 Å². The second-order valence-electron chi connectivity index (χ2n) is 13.3. The minimum absolute atomic E-state index is 1.12. The van der Waals surface area contributed by atoms with Gasteiger partial charge in [-0.15, -0.1) is 22.7 Å². The van der Waals surface area contributed by atoms with Gasteiger partial charge in [0.2, 0.25) is 0 Å². The molecule has 0 aliphatic carbocycles. The van der Waals surface area contributed by atoms with Crippen molar-refractivity contribution in [3.63, 3.8) is 0 Å². The number of nitrogens with zero attached hydrogens (tertiary/aromatic N) is 2. The molecule has 3 aromatic heterocycles. The Balaban J connectivity index is 1.18. The highest BCUT2D eigenvalue weighted by Gasteiger charge is 2.21. The lowest BCUT2D eigenvalue weighted by Crippen LogP contribution is -2.10. The van der Waals surface area contributed by atoms with Crippen LogP contribution in [0, 0.1) is 0 Å². The topological polar surface area (TPSA) is 8.17 Å². The van der Waals surface area contributed by atoms with E-state index in [1.165, 1.54) is 73.3 Å². The molecule has 52 heavy (non-hydrogen) atoms. The Morgan fingerprint density at radius 2 is 0.942 bits per heavy atom. The third kappa shape index (κ3) is 4.55. The van der Waals surface area contributed by atoms with Crippen LogP contribution in [-0.2, 0) is 0 Å². The first kappa shape index (κ1) is 29.5. The van der Waals surface area contributed by atoms with Gasteiger partial charge < -0.3 is 9.47 Å². The highest BCUT2D eigenvalue weighted by molar-refractivity contribution is 7.27. The first-order valence-electron chi connectivity index (χ1n) is 17.6. The third-order valence-electron chi connectivity index (χ3n) is 10.4. The molecule has 0 aliphatic heterocycles. The number of hydrogen-bond acceptors (Lipinski definition) is 3. The summed E-state index contributed by atoms with van der Waals surface area (Å²) in [6.07, 6.45) is 0. The van der Waals surface area contributed by atoms with Crippen molar-refractivity contribution in [1.29, 1.82) is 0 Å². The van der Waals surface area contributed by atoms with Crippen LogP contribution in [0.15, 0.2) is 182 Å². The Bertz CT molecular complexity index is 3110. The highest BCUT2D eigenvalue weighted by Crippen LogP contribution is 2.46. The largest absolute Gasteiger partial charge is 0.310 e. The summed E-state index contributed by atoms with van der Waals surface area (Å²) in [5, 5.41) is 7.81. The molecule has 0 saturated heterocycles. The summed E-state index contributed by atoms with van der Waals surface area (Å²) in [6, 6.07) is 66.6. The fraction of sp³-hybridized carbons (Fsp3) is 0. The minimum atomic E-state index is 1.12. The first-order chi connectivity index (χ1) is 25.8. The zero-order chi connectivity index (χ0) is 34.2. The second-order valence-corrected chi connectivity index (χ2v) is 15.5. The van der Waals surface area contributed by atoms with Gasteiger partial charge in [-0.2, -0.15) is 0 Å². The Morgan fingerprint density at radius 1 is 0.365 bits per heavy atom. The fourth-order valence-electron chi connectivity index (χ4n) is 8.00. The molecule has 0 unspecified atom stereocenters. The van der Waals surface area contributed by atoms with Crippen molar-refractivity contribution >= 4 is 102 Å². The lowest BCUT2D eigenvalue weighted by Gasteiger charge is -2.26. The molecule has 2 nitrogen and oxygen atoms in total. The number of hydrogen-bond donors (Lipinski definition) is 0. The smallest absolute Gasteiger partial charge is 0.0562 e. The maximum absolute atomic E-state index is 2.45. The van der Waals surface area contributed by atoms with Gasteiger partial charge in [0, 0.05) is 73.9 Å². The van der Waals surface area contributed by atoms with E-state index in [1.54, 1.807) is 0 Å². The Morgan fingerprint density at radius 3 is 1.73 bits per heavy atom. The van der Waals surface area contributed by atoms with Gasteiger partial charge in [0.05, 0.1) is 11.0 Å². The fourth-order valence-corrected chi connectivity index (χ4v) is 10.3. The van der Waals surface area contributed by atoms with Crippen LogP contribution in [0.5, 0.6) is 0 Å². The predicted molar refractivity (Wildman–Crippen MR) is 227 cm³/mol. The molecule has 0 spiro atoms. The number of anilines is 3. The lowest BCUT2D eigenvalue weighted by atomic mass is 10.0. The molecular formula is C48H30N2S2. The van der Waals surface area contributed by atoms with E-state index in [9.17, 15) is 0 Å². The van der Waals surface area contributed by atoms with Gasteiger partial charge in [0.25, 0.3) is 0 Å². The van der Waals surface area contributed by atoms with Crippen LogP contribution in [0.2, 0.25) is 0 Å². The van der Waals surface area contributed by atoms with Crippen LogP contribution in [-0.4, -0.2) is 4.57 Å². The molecule has 0 radical (unpaired) electrons. The number of fused-ring (bicyclic) bond motifs is 10. The summed E-state index contributed by atoms with van der Waals surface area (Å²) >= 11 is 3.76. The summed E-state index contributed by atoms with van der Waals surface area (Å²) < 4.78 is 7.73. The maximum Gasteiger partial charge on any atom is 0.0562 e. The molecule has 11 aromatic rings. The highest BCUT2D eigenvalue weighted by atomic mass is 32.1. The van der Waals surface area contributed by atoms with E-state index in [1.807, 2.05) is 22.7 Å². The number of benzene rings is 8. The lowest BCUT2D eigenvalue weighted by molar-refractivity contribution is 1.18. The Labute approximate surface area is 308 Å². The van der Waals surface area contributed by atoms with Gasteiger partial charge in [0.1, 0.15) is 0 Å². The minimum Gasteiger partial charge on any atom is -0.310 e. The van der Waals surface area contributed by atoms with Gasteiger partial charge in [-0.1, -0.05) is 109 Å². The third-order valence-corrected chi connectivity index (χ3v) is 12.7. The molecule has 0 bridgehead atoms. The zero-order valence-electron chi connectivity index (χ0n) is 28.0. The van der Waals surface area contributed by atoms with E-state index >= 15 is 0 Å². The Hall–Kier alpha value is -6.20. The average molecular weight is 699 g/mol. The van der Waals surface area contributed by atoms with E-state index in [-0.39, 0.29) is 0 Å². The van der Waals surface area contributed by atoms with Gasteiger partial charge >= 0.3 is 0 Å². The summed E-state index contributed by atoms with van der Waals surface area (Å²) in [5.74, 6) is 0. The van der Waals surface area contributed by atoms with Crippen LogP contribution in [0.4, 0.5) is 17.1 Å². The molecule has 0 amide bonds. The predicted octanol–water partition coefficient (Wildman–Crippen LogP) is 14.7. The van der Waals surface area contributed by atoms with Gasteiger partial charge in [-0.3, -0.25) is 0 Å². The molecule has 0 N–H and O–H groups in total. The molecule has 0 fully saturated rings. The maximum atomic E-state index is 2.45. The van der Waals surface area contributed by atoms with Crippen LogP contribution < -0.4 is 4.90 Å². The SMILES string of the molecule is c1ccc(-c2ccc(N(c3ccc4sc5ccccc5c4c3)c3ccc4c5c6sc7ccccc7c6ccc5n(-c5ccccc5)c4c3)cc2)cc1. The molecule has 8 aromatic carbocycles. The summed E-state index contributed by atoms with van der Waals surface area (Å²) in [5.41, 5.74) is 9.36. The average Bonchev–Trinajstić information content (AvgIpc) is 3.88. The van der Waals surface area contributed by atoms with Gasteiger partial charge in [-0.25, -0.2) is 0 Å². The van der Waals surface area contributed by atoms with Gasteiger partial charge in [0.15, 0.2) is 0 Å². The molecule has 0 aliphatic rings. The van der Waals surface area contributed by atoms with Crippen molar-refractivity contribution in [3.05, 3.63) is 182 Å². The van der Waals surface area contributed by atoms with Crippen molar-refractivity contribution < 1.29 is 0 Å². The molecule has 3 heterocycles. The van der Waals surface area contributed by atoms with Crippen LogP contribution in [0.3, 0.4) is 0 Å². The first-order valence-corrected chi connectivity index (χ1v) is 19.2. The molecule has 244 valence electrons. The summed E-state index contributed by atoms with van der Waals surface area (Å²) in [6.45, 7) is 0. The van der Waals surface area contributed by atoms with E-state index < -0.39 is 0 Å². The molecule has 0 atom stereocenters. The Kier molecular flexibility index (Phi) is 6.63. The van der Waals surface area contributed by atoms with Crippen LogP contribution in [0.25, 0.3) is 79.0 Å². The van der Waals surface area contributed by atoms with E-state index in [2.05, 4.69) is 191 Å². The van der Waals surface area contributed by atoms with E-state index in [0.29, 0.717) is 0 Å². The standard InChI is InChI=1S/C48H30N2S2/c1-3-11-31(12-4-1)32-19-21-34(22-20-32)49(35-24-28-46-41(29-35)38-16-8-9-17-44(38)51-46)36-23-25-40-43(30-36)50(33-13-5-2-6-14-33)42-27-26-39-37-15-7-10-18-45(37)52-48(39)47(40)42/h1-30H. The molecular weight excluding hydrogens is 669 g/mol. The molecule has 11 rings (SSSR count). The summed E-state index contributed by atoms with van der Waals surface area (Å²) in [7, 11) is 0. The number of aromatic nitrogens is 1. The van der Waals surface area contributed by atoms with E-state index in [0.717, 1.165) is 22.7 Å². The monoisotopic (exact) mass is 698 g/mol. The van der Waals surface area contributed by atoms with Crippen molar-refractivity contribution in [3.8, 4) is 16.8 Å². The number of para-hydroxylation sites is 1. The van der Waals surface area contributed by atoms with Crippen LogP contribution >= 0.6 is 22.7 Å². The number of rotatable bonds is 5. The van der Waals surface area contributed by atoms with Crippen molar-refractivity contribution in [2.75, 3.05) is 4.90 Å². The summed E-state index contributed by atoms with van der Waals surface area (Å²) in [4.78, 5) is 2.42. The zero-order valence-corrected chi connectivity index (χ0v) is 29.7. The van der Waals surface area contributed by atoms with Gasteiger partial charge in [-0.05, 0) is 83.9 Å². The second kappa shape index (κ2) is 11.7. The molecule has 0 saturated carbocycles. The normalized spacial score (nSPS) is 11.8. The van der Waals surface area contributed by atoms with Crippen LogP contribution in [0.1, 0.15) is 0 Å². The van der Waals surface area contributed by atoms with Crippen molar-refractivity contribution in [2.45, 2.75) is 0 Å². The number of thiophene rings is 2. The van der Waals surface area contributed by atoms with E-state index in [4.69, 9.17) is 0 Å². The molecule has 4 heteroatoms. The quantitative estimate of drug-likeness (QED) is 0.174. The van der Waals surface area contributed by atoms with Crippen molar-refractivity contribution in [1.82, 2.24) is 4.57 Å².